The van der Waals surface area contributed by atoms with Crippen molar-refractivity contribution in [3.63, 3.8) is 0 Å². The van der Waals surface area contributed by atoms with Crippen LogP contribution >= 0.6 is 23.2 Å². The van der Waals surface area contributed by atoms with Gasteiger partial charge in [-0.05, 0) is 36.1 Å². The number of hydrogen-bond donors (Lipinski definition) is 0. The Bertz CT molecular complexity index is 1000. The molecule has 0 radical (unpaired) electrons. The maximum atomic E-state index is 13.7. The smallest absolute Gasteiger partial charge is 0.308 e. The van der Waals surface area contributed by atoms with Crippen molar-refractivity contribution in [2.45, 2.75) is 59.2 Å². The maximum absolute atomic E-state index is 13.7. The maximum Gasteiger partial charge on any atom is 0.308 e. The first-order valence-electron chi connectivity index (χ1n) is 11.3. The lowest BCUT2D eigenvalue weighted by atomic mass is 9.94. The number of carbonyl (C=O) groups is 2. The Morgan fingerprint density at radius 1 is 1.12 bits per heavy atom. The molecule has 0 saturated carbocycles. The van der Waals surface area contributed by atoms with Crippen molar-refractivity contribution in [3.05, 3.63) is 63.6 Å². The molecular formula is C26H31Cl2NO4. The van der Waals surface area contributed by atoms with E-state index < -0.39 is 18.2 Å². The minimum Gasteiger partial charge on any atom is -0.466 e. The van der Waals surface area contributed by atoms with Gasteiger partial charge in [0.15, 0.2) is 0 Å². The zero-order valence-corrected chi connectivity index (χ0v) is 21.1. The van der Waals surface area contributed by atoms with Gasteiger partial charge in [0.2, 0.25) is 0 Å². The molecule has 2 aromatic carbocycles. The molecule has 0 bridgehead atoms. The predicted molar refractivity (Wildman–Crippen MR) is 132 cm³/mol. The van der Waals surface area contributed by atoms with Gasteiger partial charge in [-0.25, -0.2) is 0 Å². The molecular weight excluding hydrogens is 461 g/mol. The summed E-state index contributed by atoms with van der Waals surface area (Å²) in [6.07, 6.45) is -0.182. The summed E-state index contributed by atoms with van der Waals surface area (Å²) in [6.45, 7) is 8.96. The zero-order chi connectivity index (χ0) is 24.2. The summed E-state index contributed by atoms with van der Waals surface area (Å²) in [5.74, 6) is -0.741. The monoisotopic (exact) mass is 491 g/mol. The third kappa shape index (κ3) is 6.50. The average Bonchev–Trinajstić information content (AvgIpc) is 2.84. The Labute approximate surface area is 206 Å². The molecule has 33 heavy (non-hydrogen) atoms. The lowest BCUT2D eigenvalue weighted by molar-refractivity contribution is -0.152. The second-order valence-corrected chi connectivity index (χ2v) is 10.3. The van der Waals surface area contributed by atoms with Crippen LogP contribution in [0.15, 0.2) is 42.5 Å². The van der Waals surface area contributed by atoms with E-state index in [0.29, 0.717) is 34.4 Å². The van der Waals surface area contributed by atoms with E-state index >= 15 is 0 Å². The molecule has 1 heterocycles. The van der Waals surface area contributed by atoms with Crippen LogP contribution in [0.5, 0.6) is 0 Å². The highest BCUT2D eigenvalue weighted by molar-refractivity contribution is 6.31. The van der Waals surface area contributed by atoms with Gasteiger partial charge in [0.25, 0.3) is 5.91 Å². The van der Waals surface area contributed by atoms with E-state index in [4.69, 9.17) is 32.7 Å². The molecule has 7 heteroatoms. The van der Waals surface area contributed by atoms with Crippen molar-refractivity contribution in [1.82, 2.24) is 0 Å². The van der Waals surface area contributed by atoms with Crippen LogP contribution in [0.1, 0.15) is 64.2 Å². The van der Waals surface area contributed by atoms with Crippen LogP contribution < -0.4 is 4.90 Å². The predicted octanol–water partition coefficient (Wildman–Crippen LogP) is 6.59. The van der Waals surface area contributed by atoms with Gasteiger partial charge in [0.05, 0.1) is 13.0 Å². The third-order valence-corrected chi connectivity index (χ3v) is 5.92. The largest absolute Gasteiger partial charge is 0.466 e. The molecule has 0 N–H and O–H groups in total. The normalized spacial score (nSPS) is 18.6. The summed E-state index contributed by atoms with van der Waals surface area (Å²) >= 11 is 12.9. The molecule has 0 aliphatic carbocycles. The number of fused-ring (bicyclic) bond motifs is 1. The van der Waals surface area contributed by atoms with Gasteiger partial charge in [-0.1, -0.05) is 75.5 Å². The molecule has 0 aromatic heterocycles. The van der Waals surface area contributed by atoms with Crippen LogP contribution in [0.2, 0.25) is 10.0 Å². The highest BCUT2D eigenvalue weighted by atomic mass is 35.5. The van der Waals surface area contributed by atoms with E-state index in [-0.39, 0.29) is 17.7 Å². The minimum atomic E-state index is -1.02. The molecule has 0 fully saturated rings. The molecule has 3 rings (SSSR count). The minimum absolute atomic E-state index is 0.175. The van der Waals surface area contributed by atoms with Crippen molar-refractivity contribution in [3.8, 4) is 0 Å². The summed E-state index contributed by atoms with van der Waals surface area (Å²) in [7, 11) is 0. The third-order valence-electron chi connectivity index (χ3n) is 5.34. The number of rotatable bonds is 7. The molecule has 0 unspecified atom stereocenters. The van der Waals surface area contributed by atoms with Crippen molar-refractivity contribution >= 4 is 40.8 Å². The van der Waals surface area contributed by atoms with Crippen molar-refractivity contribution in [2.24, 2.45) is 5.41 Å². The van der Waals surface area contributed by atoms with Crippen LogP contribution in [-0.2, 0) is 19.1 Å². The van der Waals surface area contributed by atoms with Gasteiger partial charge in [-0.15, -0.1) is 0 Å². The lowest BCUT2D eigenvalue weighted by Crippen LogP contribution is -2.44. The van der Waals surface area contributed by atoms with Crippen LogP contribution in [0.4, 0.5) is 5.69 Å². The highest BCUT2D eigenvalue weighted by Gasteiger charge is 2.39. The number of carbonyl (C=O) groups excluding carboxylic acids is 2. The first-order valence-corrected chi connectivity index (χ1v) is 12.0. The average molecular weight is 492 g/mol. The lowest BCUT2D eigenvalue weighted by Gasteiger charge is -2.31. The number of amides is 1. The molecule has 2 aromatic rings. The molecule has 1 amide bonds. The molecule has 5 nitrogen and oxygen atoms in total. The topological polar surface area (TPSA) is 55.8 Å². The number of hydrogen-bond acceptors (Lipinski definition) is 4. The number of unbranched alkanes of at least 4 members (excludes halogenated alkanes) is 1. The van der Waals surface area contributed by atoms with Gasteiger partial charge >= 0.3 is 5.97 Å². The first kappa shape index (κ1) is 25.5. The van der Waals surface area contributed by atoms with Gasteiger partial charge < -0.3 is 14.4 Å². The SMILES string of the molecule is CCCCOC(=O)C[C@@H]1O[C@@H](c2ccccc2Cl)c2cc(Cl)ccc2N(CC(C)(C)C)C1=O. The second kappa shape index (κ2) is 10.9. The van der Waals surface area contributed by atoms with Gasteiger partial charge in [0, 0.05) is 33.4 Å². The van der Waals surface area contributed by atoms with E-state index in [0.717, 1.165) is 18.4 Å². The van der Waals surface area contributed by atoms with E-state index in [2.05, 4.69) is 20.8 Å². The quantitative estimate of drug-likeness (QED) is 0.323. The standard InChI is InChI=1S/C26H31Cl2NO4/c1-5-6-13-32-23(30)15-22-25(31)29(16-26(2,3)4)21-12-11-17(27)14-19(21)24(33-22)18-9-7-8-10-20(18)28/h7-12,14,22,24H,5-6,13,15-16H2,1-4H3/t22-,24-/m0/s1. The van der Waals surface area contributed by atoms with Crippen molar-refractivity contribution < 1.29 is 19.1 Å². The van der Waals surface area contributed by atoms with Crippen LogP contribution in [0.3, 0.4) is 0 Å². The molecule has 1 aliphatic rings. The molecule has 0 saturated heterocycles. The molecule has 178 valence electrons. The van der Waals surface area contributed by atoms with E-state index in [1.807, 2.05) is 31.2 Å². The van der Waals surface area contributed by atoms with Crippen LogP contribution in [-0.4, -0.2) is 31.1 Å². The van der Waals surface area contributed by atoms with Crippen molar-refractivity contribution in [1.29, 1.82) is 0 Å². The van der Waals surface area contributed by atoms with Crippen molar-refractivity contribution in [2.75, 3.05) is 18.1 Å². The highest BCUT2D eigenvalue weighted by Crippen LogP contribution is 2.42. The first-order chi connectivity index (χ1) is 15.6. The fourth-order valence-corrected chi connectivity index (χ4v) is 4.23. The summed E-state index contributed by atoms with van der Waals surface area (Å²) in [5.41, 5.74) is 1.95. The zero-order valence-electron chi connectivity index (χ0n) is 19.6. The summed E-state index contributed by atoms with van der Waals surface area (Å²) in [4.78, 5) is 28.0. The van der Waals surface area contributed by atoms with E-state index in [1.165, 1.54) is 0 Å². The number of halogens is 2. The Morgan fingerprint density at radius 3 is 2.52 bits per heavy atom. The van der Waals surface area contributed by atoms with Crippen LogP contribution in [0, 0.1) is 5.41 Å². The number of esters is 1. The number of ether oxygens (including phenoxy) is 2. The molecule has 1 aliphatic heterocycles. The number of benzene rings is 2. The van der Waals surface area contributed by atoms with E-state index in [1.54, 1.807) is 23.1 Å². The number of nitrogens with zero attached hydrogens (tertiary/aromatic N) is 1. The fraction of sp³-hybridized carbons (Fsp3) is 0.462. The summed E-state index contributed by atoms with van der Waals surface area (Å²) in [6, 6.07) is 12.7. The Hall–Kier alpha value is -2.08. The molecule has 2 atom stereocenters. The Kier molecular flexibility index (Phi) is 8.43. The number of anilines is 1. The summed E-state index contributed by atoms with van der Waals surface area (Å²) < 4.78 is 11.7. The van der Waals surface area contributed by atoms with Gasteiger partial charge in [0.1, 0.15) is 12.2 Å². The summed E-state index contributed by atoms with van der Waals surface area (Å²) in [5, 5.41) is 1.03. The Morgan fingerprint density at radius 2 is 1.85 bits per heavy atom. The van der Waals surface area contributed by atoms with Gasteiger partial charge in [-0.2, -0.15) is 0 Å². The van der Waals surface area contributed by atoms with Crippen LogP contribution in [0.25, 0.3) is 0 Å². The molecule has 0 spiro atoms. The van der Waals surface area contributed by atoms with E-state index in [9.17, 15) is 9.59 Å². The second-order valence-electron chi connectivity index (χ2n) is 9.49. The Balaban J connectivity index is 2.08. The fourth-order valence-electron chi connectivity index (χ4n) is 3.81. The van der Waals surface area contributed by atoms with Gasteiger partial charge in [-0.3, -0.25) is 9.59 Å².